The van der Waals surface area contributed by atoms with Gasteiger partial charge in [0.25, 0.3) is 0 Å². The Morgan fingerprint density at radius 1 is 1.38 bits per heavy atom. The van der Waals surface area contributed by atoms with E-state index in [1.807, 2.05) is 25.1 Å². The molecule has 0 spiro atoms. The number of rotatable bonds is 2. The number of benzene rings is 1. The summed E-state index contributed by atoms with van der Waals surface area (Å²) in [6, 6.07) is 6.11. The van der Waals surface area contributed by atoms with E-state index in [0.717, 1.165) is 40.9 Å². The van der Waals surface area contributed by atoms with Crippen molar-refractivity contribution >= 4 is 16.7 Å². The number of aromatic amines is 1. The Hall–Kier alpha value is -2.11. The monoisotopic (exact) mass is 354 g/mol. The lowest BCUT2D eigenvalue weighted by Crippen LogP contribution is -2.52. The molecule has 0 radical (unpaired) electrons. The third kappa shape index (κ3) is 2.58. The van der Waals surface area contributed by atoms with Gasteiger partial charge in [0.1, 0.15) is 5.75 Å². The second-order valence-corrected chi connectivity index (χ2v) is 7.52. The van der Waals surface area contributed by atoms with Crippen LogP contribution in [0.4, 0.5) is 0 Å². The van der Waals surface area contributed by atoms with E-state index in [1.165, 1.54) is 5.57 Å². The summed E-state index contributed by atoms with van der Waals surface area (Å²) >= 11 is 0. The Morgan fingerprint density at radius 3 is 2.88 bits per heavy atom. The maximum atomic E-state index is 13.1. The van der Waals surface area contributed by atoms with Crippen LogP contribution in [0.3, 0.4) is 0 Å². The number of aromatic nitrogens is 1. The zero-order chi connectivity index (χ0) is 18.4. The molecule has 3 atom stereocenters. The minimum absolute atomic E-state index is 0.0765. The Bertz CT molecular complexity index is 883. The maximum absolute atomic E-state index is 13.1. The summed E-state index contributed by atoms with van der Waals surface area (Å²) in [5.74, 6) is 1.12. The van der Waals surface area contributed by atoms with E-state index >= 15 is 0 Å². The van der Waals surface area contributed by atoms with Crippen LogP contribution in [0.2, 0.25) is 0 Å². The van der Waals surface area contributed by atoms with Crippen molar-refractivity contribution in [1.82, 2.24) is 9.88 Å². The molecule has 0 amide bonds. The lowest BCUT2D eigenvalue weighted by atomic mass is 9.71. The topological polar surface area (TPSA) is 65.6 Å². The van der Waals surface area contributed by atoms with Gasteiger partial charge >= 0.3 is 0 Å². The third-order valence-corrected chi connectivity index (χ3v) is 6.28. The molecule has 1 aromatic heterocycles. The third-order valence-electron chi connectivity index (χ3n) is 6.28. The normalized spacial score (nSPS) is 28.1. The summed E-state index contributed by atoms with van der Waals surface area (Å²) < 4.78 is 5.38. The SMILES string of the molecule is C/C=C1/CN(C)[C@@H]2Cc3c([nH]c4ccc(OC)cc34)C(=O)C[C@@H]1C2CO. The van der Waals surface area contributed by atoms with Crippen LogP contribution in [0.1, 0.15) is 29.4 Å². The fourth-order valence-corrected chi connectivity index (χ4v) is 4.85. The van der Waals surface area contributed by atoms with Crippen molar-refractivity contribution in [2.75, 3.05) is 27.3 Å². The zero-order valence-electron chi connectivity index (χ0n) is 15.6. The first kappa shape index (κ1) is 17.3. The molecule has 1 saturated heterocycles. The number of H-pyrrole nitrogens is 1. The number of ketones is 1. The number of Topliss-reactive ketones (excluding diaryl/α,β-unsaturated/α-hetero) is 1. The van der Waals surface area contributed by atoms with Gasteiger partial charge in [0, 0.05) is 42.4 Å². The molecule has 4 rings (SSSR count). The van der Waals surface area contributed by atoms with Crippen molar-refractivity contribution < 1.29 is 14.6 Å². The van der Waals surface area contributed by atoms with Crippen LogP contribution in [0.5, 0.6) is 5.75 Å². The lowest BCUT2D eigenvalue weighted by Gasteiger charge is -2.46. The summed E-state index contributed by atoms with van der Waals surface area (Å²) in [4.78, 5) is 18.8. The second kappa shape index (κ2) is 6.56. The molecule has 26 heavy (non-hydrogen) atoms. The van der Waals surface area contributed by atoms with E-state index in [2.05, 4.69) is 23.0 Å². The molecule has 138 valence electrons. The Balaban J connectivity index is 1.89. The Labute approximate surface area is 153 Å². The van der Waals surface area contributed by atoms with E-state index in [-0.39, 0.29) is 30.3 Å². The van der Waals surface area contributed by atoms with E-state index in [9.17, 15) is 9.90 Å². The number of methoxy groups -OCH3 is 1. The average molecular weight is 354 g/mol. The molecule has 2 N–H and O–H groups in total. The molecular weight excluding hydrogens is 328 g/mol. The average Bonchev–Trinajstić information content (AvgIpc) is 3.00. The largest absolute Gasteiger partial charge is 0.497 e. The minimum Gasteiger partial charge on any atom is -0.497 e. The van der Waals surface area contributed by atoms with Crippen LogP contribution >= 0.6 is 0 Å². The quantitative estimate of drug-likeness (QED) is 0.814. The van der Waals surface area contributed by atoms with Crippen LogP contribution in [-0.2, 0) is 6.42 Å². The summed E-state index contributed by atoms with van der Waals surface area (Å²) in [6.45, 7) is 2.99. The smallest absolute Gasteiger partial charge is 0.179 e. The number of nitrogens with one attached hydrogen (secondary N) is 1. The van der Waals surface area contributed by atoms with Crippen molar-refractivity contribution in [3.63, 3.8) is 0 Å². The number of ether oxygens (including phenoxy) is 1. The highest BCUT2D eigenvalue weighted by molar-refractivity contribution is 6.03. The number of aliphatic hydroxyl groups is 1. The van der Waals surface area contributed by atoms with Crippen molar-refractivity contribution in [1.29, 1.82) is 0 Å². The molecule has 2 heterocycles. The van der Waals surface area contributed by atoms with Gasteiger partial charge in [-0.15, -0.1) is 0 Å². The number of hydrogen-bond acceptors (Lipinski definition) is 4. The number of hydrogen-bond donors (Lipinski definition) is 2. The highest BCUT2D eigenvalue weighted by atomic mass is 16.5. The van der Waals surface area contributed by atoms with E-state index < -0.39 is 0 Å². The van der Waals surface area contributed by atoms with Crippen LogP contribution in [0, 0.1) is 11.8 Å². The molecule has 1 aliphatic heterocycles. The molecule has 1 unspecified atom stereocenters. The highest BCUT2D eigenvalue weighted by Crippen LogP contribution is 2.41. The first-order chi connectivity index (χ1) is 12.6. The van der Waals surface area contributed by atoms with Gasteiger partial charge in [-0.2, -0.15) is 0 Å². The molecule has 2 bridgehead atoms. The number of carbonyl (C=O) groups excluding carboxylic acids is 1. The van der Waals surface area contributed by atoms with Gasteiger partial charge in [-0.3, -0.25) is 9.69 Å². The molecule has 0 saturated carbocycles. The van der Waals surface area contributed by atoms with E-state index in [0.29, 0.717) is 6.42 Å². The van der Waals surface area contributed by atoms with Gasteiger partial charge in [-0.25, -0.2) is 0 Å². The Kier molecular flexibility index (Phi) is 4.37. The molecule has 1 fully saturated rings. The summed E-state index contributed by atoms with van der Waals surface area (Å²) in [7, 11) is 3.77. The number of piperidine rings is 1. The summed E-state index contributed by atoms with van der Waals surface area (Å²) in [5.41, 5.74) is 4.01. The number of likely N-dealkylation sites (tertiary alicyclic amines) is 1. The molecule has 1 aromatic carbocycles. The van der Waals surface area contributed by atoms with Gasteiger partial charge in [-0.05, 0) is 50.1 Å². The van der Waals surface area contributed by atoms with Crippen LogP contribution in [0.25, 0.3) is 10.9 Å². The minimum atomic E-state index is 0.0765. The number of carbonyl (C=O) groups is 1. The van der Waals surface area contributed by atoms with Crippen molar-refractivity contribution in [2.24, 2.45) is 11.8 Å². The predicted octanol–water partition coefficient (Wildman–Crippen LogP) is 2.79. The number of aliphatic hydroxyl groups excluding tert-OH is 1. The van der Waals surface area contributed by atoms with Crippen LogP contribution in [-0.4, -0.2) is 54.1 Å². The van der Waals surface area contributed by atoms with E-state index in [1.54, 1.807) is 7.11 Å². The molecular formula is C21H26N2O3. The fraction of sp³-hybridized carbons (Fsp3) is 0.476. The standard InChI is InChI=1S/C21H26N2O3/c1-4-12-10-23(2)19-8-16-15-7-13(26-3)5-6-18(15)22-21(16)20(25)9-14(12)17(19)11-24/h4-7,14,17,19,22,24H,8-11H2,1-3H3/b12-4-/t14-,17?,19+/m0/s1. The number of allylic oxidation sites excluding steroid dienone is 1. The first-order valence-corrected chi connectivity index (χ1v) is 9.25. The fourth-order valence-electron chi connectivity index (χ4n) is 4.85. The van der Waals surface area contributed by atoms with Gasteiger partial charge in [0.05, 0.1) is 12.8 Å². The molecule has 2 aromatic rings. The highest BCUT2D eigenvalue weighted by Gasteiger charge is 2.42. The number of likely N-dealkylation sites (N-methyl/N-ethyl adjacent to an activating group) is 1. The predicted molar refractivity (Wildman–Crippen MR) is 102 cm³/mol. The number of fused-ring (bicyclic) bond motifs is 5. The molecule has 5 nitrogen and oxygen atoms in total. The molecule has 2 aliphatic rings. The first-order valence-electron chi connectivity index (χ1n) is 9.25. The second-order valence-electron chi connectivity index (χ2n) is 7.52. The van der Waals surface area contributed by atoms with Crippen molar-refractivity contribution in [2.45, 2.75) is 25.8 Å². The van der Waals surface area contributed by atoms with Crippen molar-refractivity contribution in [3.05, 3.63) is 41.1 Å². The van der Waals surface area contributed by atoms with Gasteiger partial charge in [0.2, 0.25) is 0 Å². The van der Waals surface area contributed by atoms with Crippen LogP contribution < -0.4 is 4.74 Å². The van der Waals surface area contributed by atoms with Gasteiger partial charge in [-0.1, -0.05) is 11.6 Å². The molecule has 1 aliphatic carbocycles. The Morgan fingerprint density at radius 2 is 2.19 bits per heavy atom. The summed E-state index contributed by atoms with van der Waals surface area (Å²) in [6.07, 6.45) is 3.32. The zero-order valence-corrected chi connectivity index (χ0v) is 15.6. The maximum Gasteiger partial charge on any atom is 0.179 e. The van der Waals surface area contributed by atoms with E-state index in [4.69, 9.17) is 4.74 Å². The van der Waals surface area contributed by atoms with Gasteiger partial charge in [0.15, 0.2) is 5.78 Å². The van der Waals surface area contributed by atoms with Crippen molar-refractivity contribution in [3.8, 4) is 5.75 Å². The molecule has 5 heteroatoms. The van der Waals surface area contributed by atoms with Gasteiger partial charge < -0.3 is 14.8 Å². The number of nitrogens with zero attached hydrogens (tertiary/aromatic N) is 1. The lowest BCUT2D eigenvalue weighted by molar-refractivity contribution is 0.0518. The van der Waals surface area contributed by atoms with Crippen LogP contribution in [0.15, 0.2) is 29.8 Å². The summed E-state index contributed by atoms with van der Waals surface area (Å²) in [5, 5.41) is 11.2.